The molecular weight excluding hydrogens is 1260 g/mol. The van der Waals surface area contributed by atoms with E-state index in [2.05, 4.69) is 63.8 Å². The van der Waals surface area contributed by atoms with Gasteiger partial charge in [0.15, 0.2) is 0 Å². The normalized spacial score (nSPS) is 16.9. The van der Waals surface area contributed by atoms with Crippen molar-refractivity contribution in [1.29, 1.82) is 0 Å². The molecule has 0 bridgehead atoms. The van der Waals surface area contributed by atoms with E-state index in [-0.39, 0.29) is 31.7 Å². The molecule has 95 heavy (non-hydrogen) atoms. The fraction of sp³-hybridized carbons (Fsp3) is 0.729. The maximum Gasteiger partial charge on any atom is 0.328 e. The van der Waals surface area contributed by atoms with E-state index < -0.39 is 249 Å². The van der Waals surface area contributed by atoms with E-state index in [0.717, 1.165) is 0 Å². The number of carboxylic acid groups (broad SMARTS) is 3. The van der Waals surface area contributed by atoms with Crippen LogP contribution in [0, 0.1) is 29.6 Å². The number of rotatable bonds is 43. The summed E-state index contributed by atoms with van der Waals surface area (Å²) in [5.74, 6) is -19.5. The summed E-state index contributed by atoms with van der Waals surface area (Å²) < 4.78 is 0. The summed E-state index contributed by atoms with van der Waals surface area (Å²) in [6, 6.07) is -17.6. The first-order valence-electron chi connectivity index (χ1n) is 31.5. The van der Waals surface area contributed by atoms with Crippen LogP contribution < -0.4 is 69.5 Å². The highest BCUT2D eigenvalue weighted by atomic mass is 16.4. The first-order valence-corrected chi connectivity index (χ1v) is 31.5. The third-order valence-corrected chi connectivity index (χ3v) is 15.5. The number of carboxylic acids is 3. The molecule has 36 nitrogen and oxygen atoms in total. The largest absolute Gasteiger partial charge is 0.481 e. The lowest BCUT2D eigenvalue weighted by Crippen LogP contribution is -2.61. The number of nitrogens with one attached hydrogen (secondary N) is 12. The average molecular weight is 1360 g/mol. The first kappa shape index (κ1) is 84.4. The van der Waals surface area contributed by atoms with Crippen molar-refractivity contribution in [2.24, 2.45) is 35.3 Å². The summed E-state index contributed by atoms with van der Waals surface area (Å²) >= 11 is 0. The molecule has 538 valence electrons. The summed E-state index contributed by atoms with van der Waals surface area (Å²) in [5.41, 5.74) is 5.59. The predicted molar refractivity (Wildman–Crippen MR) is 334 cm³/mol. The molecule has 1 rings (SSSR count). The van der Waals surface area contributed by atoms with Crippen LogP contribution in [0.25, 0.3) is 0 Å². The van der Waals surface area contributed by atoms with Gasteiger partial charge in [0.2, 0.25) is 76.8 Å². The molecule has 0 unspecified atom stereocenters. The molecular formula is C59H100N14O22. The van der Waals surface area contributed by atoms with E-state index >= 15 is 0 Å². The Kier molecular flexibility index (Phi) is 37.2. The molecule has 1 aliphatic rings. The number of amides is 13. The zero-order chi connectivity index (χ0) is 72.7. The Morgan fingerprint density at radius 1 is 0.442 bits per heavy atom. The predicted octanol–water partition coefficient (Wildman–Crippen LogP) is -6.35. The molecule has 1 aliphatic heterocycles. The van der Waals surface area contributed by atoms with Crippen LogP contribution in [0.4, 0.5) is 0 Å². The Bertz CT molecular complexity index is 2700. The number of likely N-dealkylation sites (tertiary alicyclic amines) is 1. The lowest BCUT2D eigenvalue weighted by atomic mass is 9.96. The molecule has 14 atom stereocenters. The standard InChI is InChI=1S/C59H100N14O22/c1-12-30(9)46(71-53(88)36(24-74)63-40(77)22-62-55(90)44(28(5)6)70-48(83)32(11)60)56(91)66-35(21-27(3)4)51(86)67-37(25-75)52(87)65-34(17-19-43(81)82)50(85)64-33(16-18-42(79)80)49(84)61-23-41(78)69-45(29(7)8)58(93)73-20-14-15-39(73)54(89)72-47(31(10)13-2)57(92)68-38(26-76)59(94)95/h27-39,44-47,74-76H,12-26,60H2,1-11H3,(H,61,84)(H,62,90)(H,63,77)(H,64,85)(H,65,87)(H,66,91)(H,67,86)(H,68,92)(H,69,78)(H,70,83)(H,71,88)(H,72,89)(H,79,80)(H,81,82)(H,94,95)/t30-,31-,32-,33-,34-,35-,36-,37-,38-,39-,44-,45-,46-,47-/m0/s1. The average Bonchev–Trinajstić information content (AvgIpc) is 1.94. The van der Waals surface area contributed by atoms with E-state index in [1.54, 1.807) is 69.2 Å². The lowest BCUT2D eigenvalue weighted by Gasteiger charge is -2.32. The van der Waals surface area contributed by atoms with E-state index in [0.29, 0.717) is 12.8 Å². The Hall–Kier alpha value is -8.64. The van der Waals surface area contributed by atoms with Crippen LogP contribution in [0.2, 0.25) is 0 Å². The molecule has 0 aromatic rings. The number of aliphatic carboxylic acids is 3. The van der Waals surface area contributed by atoms with Crippen molar-refractivity contribution in [2.75, 3.05) is 39.5 Å². The highest BCUT2D eigenvalue weighted by Crippen LogP contribution is 2.22. The van der Waals surface area contributed by atoms with Crippen LogP contribution in [0.1, 0.15) is 134 Å². The second-order valence-corrected chi connectivity index (χ2v) is 24.5. The summed E-state index contributed by atoms with van der Waals surface area (Å²) in [4.78, 5) is 212. The lowest BCUT2D eigenvalue weighted by molar-refractivity contribution is -0.145. The first-order chi connectivity index (χ1) is 44.4. The molecule has 1 saturated heterocycles. The van der Waals surface area contributed by atoms with Crippen LogP contribution in [0.5, 0.6) is 0 Å². The van der Waals surface area contributed by atoms with Crippen LogP contribution in [-0.4, -0.2) is 242 Å². The van der Waals surface area contributed by atoms with Gasteiger partial charge in [0.25, 0.3) is 0 Å². The monoisotopic (exact) mass is 1360 g/mol. The second kappa shape index (κ2) is 41.9. The van der Waals surface area contributed by atoms with Crippen LogP contribution in [0.3, 0.4) is 0 Å². The summed E-state index contributed by atoms with van der Waals surface area (Å²) in [6.07, 6.45) is -1.94. The van der Waals surface area contributed by atoms with Crippen molar-refractivity contribution in [3.05, 3.63) is 0 Å². The highest BCUT2D eigenvalue weighted by Gasteiger charge is 2.42. The quantitative estimate of drug-likeness (QED) is 0.0270. The summed E-state index contributed by atoms with van der Waals surface area (Å²) in [7, 11) is 0. The number of nitrogens with two attached hydrogens (primary N) is 1. The van der Waals surface area contributed by atoms with Gasteiger partial charge < -0.3 is 105 Å². The molecule has 0 saturated carbocycles. The van der Waals surface area contributed by atoms with Gasteiger partial charge in [0.05, 0.1) is 39.0 Å². The number of aliphatic hydroxyl groups excluding tert-OH is 3. The molecule has 1 fully saturated rings. The van der Waals surface area contributed by atoms with Gasteiger partial charge in [-0.3, -0.25) is 71.9 Å². The van der Waals surface area contributed by atoms with E-state index in [9.17, 15) is 107 Å². The summed E-state index contributed by atoms with van der Waals surface area (Å²) in [5, 5.41) is 86.7. The van der Waals surface area contributed by atoms with Gasteiger partial charge in [-0.15, -0.1) is 0 Å². The van der Waals surface area contributed by atoms with E-state index in [4.69, 9.17) is 5.73 Å². The van der Waals surface area contributed by atoms with Gasteiger partial charge in [0.1, 0.15) is 66.5 Å². The smallest absolute Gasteiger partial charge is 0.328 e. The van der Waals surface area contributed by atoms with Crippen molar-refractivity contribution in [3.8, 4) is 0 Å². The molecule has 1 heterocycles. The minimum absolute atomic E-state index is 0.0459. The van der Waals surface area contributed by atoms with Crippen molar-refractivity contribution in [1.82, 2.24) is 68.7 Å². The maximum atomic E-state index is 14.1. The highest BCUT2D eigenvalue weighted by molar-refractivity contribution is 6.00. The Balaban J connectivity index is 3.31. The van der Waals surface area contributed by atoms with Crippen molar-refractivity contribution >= 4 is 94.7 Å². The van der Waals surface area contributed by atoms with Gasteiger partial charge in [-0.25, -0.2) is 4.79 Å². The van der Waals surface area contributed by atoms with Crippen LogP contribution in [0.15, 0.2) is 0 Å². The minimum Gasteiger partial charge on any atom is -0.481 e. The molecule has 0 aliphatic carbocycles. The van der Waals surface area contributed by atoms with Gasteiger partial charge in [-0.1, -0.05) is 82.1 Å². The van der Waals surface area contributed by atoms with Gasteiger partial charge in [-0.2, -0.15) is 0 Å². The minimum atomic E-state index is -1.92. The fourth-order valence-electron chi connectivity index (χ4n) is 9.45. The number of carbonyl (C=O) groups is 16. The number of hydrogen-bond acceptors (Lipinski definition) is 20. The van der Waals surface area contributed by atoms with Crippen LogP contribution >= 0.6 is 0 Å². The van der Waals surface area contributed by atoms with Crippen molar-refractivity contribution < 1.29 is 107 Å². The molecule has 0 aromatic heterocycles. The molecule has 0 radical (unpaired) electrons. The number of carbonyl (C=O) groups excluding carboxylic acids is 13. The number of aliphatic hydroxyl groups is 3. The molecule has 13 amide bonds. The Morgan fingerprint density at radius 2 is 0.842 bits per heavy atom. The van der Waals surface area contributed by atoms with Crippen LogP contribution in [-0.2, 0) is 76.7 Å². The zero-order valence-corrected chi connectivity index (χ0v) is 55.7. The molecule has 36 heteroatoms. The maximum absolute atomic E-state index is 14.1. The molecule has 0 aromatic carbocycles. The fourth-order valence-corrected chi connectivity index (χ4v) is 9.45. The third-order valence-electron chi connectivity index (χ3n) is 15.5. The van der Waals surface area contributed by atoms with Crippen molar-refractivity contribution in [3.63, 3.8) is 0 Å². The van der Waals surface area contributed by atoms with E-state index in [1.807, 2.05) is 0 Å². The van der Waals surface area contributed by atoms with Gasteiger partial charge in [-0.05, 0) is 68.6 Å². The van der Waals surface area contributed by atoms with Gasteiger partial charge in [0, 0.05) is 19.4 Å². The van der Waals surface area contributed by atoms with Crippen molar-refractivity contribution in [2.45, 2.75) is 206 Å². The Labute approximate surface area is 550 Å². The molecule has 0 spiro atoms. The van der Waals surface area contributed by atoms with E-state index in [1.165, 1.54) is 11.8 Å². The topological polar surface area (TPSA) is 568 Å². The second-order valence-electron chi connectivity index (χ2n) is 24.5. The number of hydrogen-bond donors (Lipinski definition) is 19. The van der Waals surface area contributed by atoms with Gasteiger partial charge >= 0.3 is 17.9 Å². The SMILES string of the molecule is CC[C@H](C)[C@H](NC(=O)[C@H](CO)NC(=O)CNC(=O)[C@@H](NC(=O)[C@H](C)N)C(C)C)C(=O)N[C@@H](CC(C)C)C(=O)N[C@@H](CO)C(=O)N[C@@H](CCC(=O)O)C(=O)N[C@@H](CCC(=O)O)C(=O)NCC(=O)N[C@H](C(=O)N1CCC[C@H]1C(=O)N[C@H](C(=O)N[C@@H](CO)C(=O)O)[C@@H](C)CC)C(C)C. The Morgan fingerprint density at radius 3 is 1.29 bits per heavy atom. The summed E-state index contributed by atoms with van der Waals surface area (Å²) in [6.45, 7) is 13.1. The number of nitrogens with zero attached hydrogens (tertiary/aromatic N) is 1. The zero-order valence-electron chi connectivity index (χ0n) is 55.7. The third kappa shape index (κ3) is 28.9. The molecule has 20 N–H and O–H groups in total.